The molecule has 0 radical (unpaired) electrons. The van der Waals surface area contributed by atoms with Crippen LogP contribution in [0, 0.1) is 0 Å². The van der Waals surface area contributed by atoms with Gasteiger partial charge in [0.05, 0.1) is 12.9 Å². The fraction of sp³-hybridized carbons (Fsp3) is 0.147. The van der Waals surface area contributed by atoms with Crippen LogP contribution in [0.3, 0.4) is 0 Å². The molecule has 42 heavy (non-hydrogen) atoms. The molecule has 0 saturated heterocycles. The van der Waals surface area contributed by atoms with Crippen molar-refractivity contribution in [2.45, 2.75) is 24.7 Å². The van der Waals surface area contributed by atoms with Crippen molar-refractivity contribution in [2.75, 3.05) is 23.5 Å². The van der Waals surface area contributed by atoms with Gasteiger partial charge in [-0.05, 0) is 83.8 Å². The summed E-state index contributed by atoms with van der Waals surface area (Å²) in [6, 6.07) is 30.9. The van der Waals surface area contributed by atoms with Gasteiger partial charge in [-0.25, -0.2) is 0 Å². The van der Waals surface area contributed by atoms with Gasteiger partial charge in [0.1, 0.15) is 11.4 Å². The number of hydrogen-bond acceptors (Lipinski definition) is 5. The first-order chi connectivity index (χ1) is 20.3. The topological polar surface area (TPSA) is 96.5 Å². The molecule has 214 valence electrons. The van der Waals surface area contributed by atoms with Crippen LogP contribution in [-0.2, 0) is 9.59 Å². The Bertz CT molecular complexity index is 1530. The first-order valence-corrected chi connectivity index (χ1v) is 14.5. The first-order valence-electron chi connectivity index (χ1n) is 13.5. The van der Waals surface area contributed by atoms with E-state index in [1.165, 1.54) is 17.3 Å². The average molecular weight is 580 g/mol. The molecule has 0 aliphatic carbocycles. The molecule has 0 aliphatic rings. The summed E-state index contributed by atoms with van der Waals surface area (Å²) >= 11 is 1.38. The summed E-state index contributed by atoms with van der Waals surface area (Å²) in [5.74, 6) is 0.365. The van der Waals surface area contributed by atoms with E-state index in [0.29, 0.717) is 22.9 Å². The molecule has 0 heterocycles. The van der Waals surface area contributed by atoms with Gasteiger partial charge in [-0.2, -0.15) is 0 Å². The molecule has 0 atom stereocenters. The molecule has 0 unspecified atom stereocenters. The van der Waals surface area contributed by atoms with Crippen molar-refractivity contribution in [3.8, 4) is 5.75 Å². The summed E-state index contributed by atoms with van der Waals surface area (Å²) < 4.78 is 5.13. The van der Waals surface area contributed by atoms with Gasteiger partial charge >= 0.3 is 0 Å². The van der Waals surface area contributed by atoms with Gasteiger partial charge in [-0.3, -0.25) is 14.4 Å². The lowest BCUT2D eigenvalue weighted by Gasteiger charge is -2.12. The third-order valence-electron chi connectivity index (χ3n) is 6.30. The van der Waals surface area contributed by atoms with Crippen molar-refractivity contribution in [2.24, 2.45) is 0 Å². The lowest BCUT2D eigenvalue weighted by Crippen LogP contribution is -2.30. The second kappa shape index (κ2) is 14.7. The molecule has 3 amide bonds. The Balaban J connectivity index is 1.40. The summed E-state index contributed by atoms with van der Waals surface area (Å²) in [6.45, 7) is 4.23. The van der Waals surface area contributed by atoms with Crippen molar-refractivity contribution in [3.63, 3.8) is 0 Å². The zero-order valence-corrected chi connectivity index (χ0v) is 24.5. The van der Waals surface area contributed by atoms with E-state index in [-0.39, 0.29) is 23.3 Å². The van der Waals surface area contributed by atoms with Crippen LogP contribution in [0.5, 0.6) is 5.75 Å². The van der Waals surface area contributed by atoms with Crippen LogP contribution in [0.2, 0.25) is 0 Å². The number of carbonyl (C=O) groups is 3. The lowest BCUT2D eigenvalue weighted by atomic mass is 10.0. The van der Waals surface area contributed by atoms with Gasteiger partial charge in [0, 0.05) is 21.8 Å². The number of ether oxygens (including phenoxy) is 1. The largest absolute Gasteiger partial charge is 0.497 e. The van der Waals surface area contributed by atoms with Crippen molar-refractivity contribution in [3.05, 3.63) is 126 Å². The molecule has 4 aromatic rings. The van der Waals surface area contributed by atoms with E-state index in [9.17, 15) is 14.4 Å². The molecule has 3 N–H and O–H groups in total. The number of rotatable bonds is 11. The van der Waals surface area contributed by atoms with Gasteiger partial charge in [0.2, 0.25) is 5.91 Å². The standard InChI is InChI=1S/C34H33N3O4S/c1-23(2)25-11-9-24(10-12-25)21-31(37-33(39)26-7-5-4-6-8-26)34(40)36-28-15-19-30(20-16-28)42-22-32(38)35-27-13-17-29(41-3)18-14-27/h4-21,23H,22H2,1-3H3,(H,35,38)(H,36,40)(H,37,39)/b31-21-. The molecule has 0 aromatic heterocycles. The Labute approximate surface area is 250 Å². The quantitative estimate of drug-likeness (QED) is 0.132. The fourth-order valence-electron chi connectivity index (χ4n) is 3.94. The molecule has 4 rings (SSSR count). The van der Waals surface area contributed by atoms with E-state index in [1.807, 2.05) is 42.5 Å². The fourth-order valence-corrected chi connectivity index (χ4v) is 4.64. The highest BCUT2D eigenvalue weighted by atomic mass is 32.2. The Kier molecular flexibility index (Phi) is 10.6. The number of nitrogens with one attached hydrogen (secondary N) is 3. The summed E-state index contributed by atoms with van der Waals surface area (Å²) in [5, 5.41) is 8.48. The third kappa shape index (κ3) is 8.84. The van der Waals surface area contributed by atoms with Crippen LogP contribution in [0.15, 0.2) is 114 Å². The molecule has 0 bridgehead atoms. The van der Waals surface area contributed by atoms with Gasteiger partial charge in [0.25, 0.3) is 11.8 Å². The Morgan fingerprint density at radius 1 is 0.786 bits per heavy atom. The maximum Gasteiger partial charge on any atom is 0.272 e. The van der Waals surface area contributed by atoms with Gasteiger partial charge in [-0.15, -0.1) is 11.8 Å². The number of hydrogen-bond donors (Lipinski definition) is 3. The predicted molar refractivity (Wildman–Crippen MR) is 170 cm³/mol. The summed E-state index contributed by atoms with van der Waals surface area (Å²) in [5.41, 5.74) is 3.79. The van der Waals surface area contributed by atoms with E-state index in [0.717, 1.165) is 16.2 Å². The van der Waals surface area contributed by atoms with Crippen LogP contribution >= 0.6 is 11.8 Å². The second-order valence-corrected chi connectivity index (χ2v) is 10.8. The molecule has 0 aliphatic heterocycles. The first kappa shape index (κ1) is 30.1. The number of anilines is 2. The Morgan fingerprint density at radius 2 is 1.40 bits per heavy atom. The van der Waals surface area contributed by atoms with Crippen LogP contribution < -0.4 is 20.7 Å². The molecular formula is C34H33N3O4S. The van der Waals surface area contributed by atoms with E-state index in [1.54, 1.807) is 73.8 Å². The number of amides is 3. The maximum absolute atomic E-state index is 13.3. The van der Waals surface area contributed by atoms with Gasteiger partial charge < -0.3 is 20.7 Å². The summed E-state index contributed by atoms with van der Waals surface area (Å²) in [6.07, 6.45) is 1.66. The normalized spacial score (nSPS) is 11.1. The van der Waals surface area contributed by atoms with Crippen LogP contribution in [0.1, 0.15) is 41.3 Å². The molecule has 0 fully saturated rings. The Hall–Kier alpha value is -4.82. The van der Waals surface area contributed by atoms with Crippen molar-refractivity contribution < 1.29 is 19.1 Å². The minimum Gasteiger partial charge on any atom is -0.497 e. The molecule has 0 saturated carbocycles. The van der Waals surface area contributed by atoms with Crippen molar-refractivity contribution in [1.29, 1.82) is 0 Å². The van der Waals surface area contributed by atoms with Gasteiger partial charge in [0.15, 0.2) is 0 Å². The van der Waals surface area contributed by atoms with Crippen molar-refractivity contribution >= 4 is 46.9 Å². The summed E-state index contributed by atoms with van der Waals surface area (Å²) in [7, 11) is 1.59. The highest BCUT2D eigenvalue weighted by Crippen LogP contribution is 2.22. The number of benzene rings is 4. The number of carbonyl (C=O) groups excluding carboxylic acids is 3. The monoisotopic (exact) mass is 579 g/mol. The highest BCUT2D eigenvalue weighted by molar-refractivity contribution is 8.00. The molecule has 7 nitrogen and oxygen atoms in total. The second-order valence-electron chi connectivity index (χ2n) is 9.74. The van der Waals surface area contributed by atoms with E-state index < -0.39 is 5.91 Å². The summed E-state index contributed by atoms with van der Waals surface area (Å²) in [4.78, 5) is 39.4. The number of methoxy groups -OCH3 is 1. The molecular weight excluding hydrogens is 546 g/mol. The van der Waals surface area contributed by atoms with Crippen LogP contribution in [0.4, 0.5) is 11.4 Å². The SMILES string of the molecule is COc1ccc(NC(=O)CSc2ccc(NC(=O)/C(=C/c3ccc(C(C)C)cc3)NC(=O)c3ccccc3)cc2)cc1. The molecule has 0 spiro atoms. The highest BCUT2D eigenvalue weighted by Gasteiger charge is 2.15. The zero-order valence-electron chi connectivity index (χ0n) is 23.7. The number of thioether (sulfide) groups is 1. The average Bonchev–Trinajstić information content (AvgIpc) is 3.01. The zero-order chi connectivity index (χ0) is 29.9. The molecule has 8 heteroatoms. The maximum atomic E-state index is 13.3. The van der Waals surface area contributed by atoms with E-state index in [4.69, 9.17) is 4.74 Å². The minimum absolute atomic E-state index is 0.120. The predicted octanol–water partition coefficient (Wildman–Crippen LogP) is 6.96. The minimum atomic E-state index is -0.452. The Morgan fingerprint density at radius 3 is 2.02 bits per heavy atom. The van der Waals surface area contributed by atoms with Crippen LogP contribution in [-0.4, -0.2) is 30.6 Å². The van der Waals surface area contributed by atoms with E-state index in [2.05, 4.69) is 29.8 Å². The third-order valence-corrected chi connectivity index (χ3v) is 7.31. The molecule has 4 aromatic carbocycles. The lowest BCUT2D eigenvalue weighted by molar-refractivity contribution is -0.114. The smallest absolute Gasteiger partial charge is 0.272 e. The van der Waals surface area contributed by atoms with E-state index >= 15 is 0 Å². The van der Waals surface area contributed by atoms with Crippen molar-refractivity contribution in [1.82, 2.24) is 5.32 Å². The van der Waals surface area contributed by atoms with Gasteiger partial charge in [-0.1, -0.05) is 56.3 Å². The van der Waals surface area contributed by atoms with Crippen LogP contribution in [0.25, 0.3) is 6.08 Å².